The second kappa shape index (κ2) is 9.50. The number of nitrogens with one attached hydrogen (secondary N) is 1. The Morgan fingerprint density at radius 1 is 1.23 bits per heavy atom. The van der Waals surface area contributed by atoms with E-state index in [9.17, 15) is 14.0 Å². The van der Waals surface area contributed by atoms with Gasteiger partial charge in [-0.2, -0.15) is 0 Å². The van der Waals surface area contributed by atoms with Crippen LogP contribution >= 0.6 is 11.3 Å². The molecule has 35 heavy (non-hydrogen) atoms. The molecule has 1 aliphatic rings. The van der Waals surface area contributed by atoms with Gasteiger partial charge in [0.25, 0.3) is 5.56 Å². The van der Waals surface area contributed by atoms with Crippen LogP contribution in [0.25, 0.3) is 15.9 Å². The summed E-state index contributed by atoms with van der Waals surface area (Å²) in [5.74, 6) is 0.260. The van der Waals surface area contributed by atoms with Crippen LogP contribution in [0.1, 0.15) is 18.4 Å². The molecule has 9 heteroatoms. The van der Waals surface area contributed by atoms with Crippen molar-refractivity contribution >= 4 is 39.1 Å². The van der Waals surface area contributed by atoms with E-state index in [4.69, 9.17) is 9.72 Å². The minimum Gasteiger partial charge on any atom is -0.497 e. The summed E-state index contributed by atoms with van der Waals surface area (Å²) in [7, 11) is 1.58. The van der Waals surface area contributed by atoms with Gasteiger partial charge in [0.1, 0.15) is 16.3 Å². The number of fused-ring (bicyclic) bond motifs is 1. The smallest absolute Gasteiger partial charge is 0.277 e. The number of rotatable bonds is 5. The number of aryl methyl sites for hydroxylation is 1. The molecule has 1 amide bonds. The van der Waals surface area contributed by atoms with Gasteiger partial charge in [-0.1, -0.05) is 12.1 Å². The number of benzene rings is 2. The van der Waals surface area contributed by atoms with Crippen molar-refractivity contribution in [3.05, 3.63) is 75.6 Å². The molecule has 7 nitrogen and oxygen atoms in total. The third kappa shape index (κ3) is 4.51. The van der Waals surface area contributed by atoms with Crippen molar-refractivity contribution in [2.75, 3.05) is 30.4 Å². The lowest BCUT2D eigenvalue weighted by molar-refractivity contribution is -0.120. The average Bonchev–Trinajstić information content (AvgIpc) is 3.35. The molecule has 1 aliphatic heterocycles. The van der Waals surface area contributed by atoms with Crippen LogP contribution in [0.3, 0.4) is 0 Å². The quantitative estimate of drug-likeness (QED) is 0.435. The van der Waals surface area contributed by atoms with Gasteiger partial charge in [-0.05, 0) is 61.0 Å². The first-order valence-corrected chi connectivity index (χ1v) is 12.3. The topological polar surface area (TPSA) is 76.5 Å². The fourth-order valence-corrected chi connectivity index (χ4v) is 5.14. The number of nitrogens with zero attached hydrogens (tertiary/aromatic N) is 3. The molecule has 1 atom stereocenters. The van der Waals surface area contributed by atoms with Crippen molar-refractivity contribution in [2.24, 2.45) is 5.92 Å². The molecular weight excluding hydrogens is 467 g/mol. The first-order chi connectivity index (χ1) is 16.9. The Balaban J connectivity index is 1.49. The Kier molecular flexibility index (Phi) is 6.25. The van der Waals surface area contributed by atoms with Crippen LogP contribution in [0.2, 0.25) is 0 Å². The van der Waals surface area contributed by atoms with Crippen LogP contribution in [0.5, 0.6) is 5.75 Å². The number of methoxy groups -OCH3 is 1. The van der Waals surface area contributed by atoms with Gasteiger partial charge in [0.2, 0.25) is 11.9 Å². The molecule has 4 aromatic rings. The summed E-state index contributed by atoms with van der Waals surface area (Å²) in [6.45, 7) is 2.74. The molecule has 0 unspecified atom stereocenters. The number of thiophene rings is 1. The number of carbonyl (C=O) groups is 1. The lowest BCUT2D eigenvalue weighted by Gasteiger charge is -2.34. The van der Waals surface area contributed by atoms with Crippen LogP contribution in [0, 0.1) is 18.7 Å². The van der Waals surface area contributed by atoms with Gasteiger partial charge in [-0.3, -0.25) is 9.59 Å². The predicted molar refractivity (Wildman–Crippen MR) is 136 cm³/mol. The fraction of sp³-hybridized carbons (Fsp3) is 0.269. The van der Waals surface area contributed by atoms with Gasteiger partial charge < -0.3 is 15.0 Å². The van der Waals surface area contributed by atoms with Gasteiger partial charge in [0.05, 0.1) is 24.2 Å². The van der Waals surface area contributed by atoms with E-state index in [0.717, 1.165) is 6.42 Å². The molecule has 180 valence electrons. The van der Waals surface area contributed by atoms with E-state index in [1.54, 1.807) is 36.8 Å². The number of hydrogen-bond acceptors (Lipinski definition) is 6. The van der Waals surface area contributed by atoms with Crippen molar-refractivity contribution < 1.29 is 13.9 Å². The highest BCUT2D eigenvalue weighted by Crippen LogP contribution is 2.28. The number of aromatic nitrogens is 2. The van der Waals surface area contributed by atoms with Crippen molar-refractivity contribution in [3.63, 3.8) is 0 Å². The first-order valence-electron chi connectivity index (χ1n) is 11.4. The van der Waals surface area contributed by atoms with Crippen LogP contribution in [0.4, 0.5) is 16.0 Å². The Hall–Kier alpha value is -3.72. The summed E-state index contributed by atoms with van der Waals surface area (Å²) < 4.78 is 21.5. The van der Waals surface area contributed by atoms with Gasteiger partial charge >= 0.3 is 0 Å². The number of carbonyl (C=O) groups excluding carboxylic acids is 1. The zero-order chi connectivity index (χ0) is 24.5. The van der Waals surface area contributed by atoms with Crippen LogP contribution in [0.15, 0.2) is 58.7 Å². The molecule has 0 saturated carbocycles. The standard InChI is InChI=1S/C26H25FN4O3S/c1-16-8-9-18(13-21(16)27)28-24(32)17-5-4-11-30(15-17)26-29-22-10-12-35-23(22)25(33)31(26)19-6-3-7-20(14-19)34-2/h3,6-10,12-14,17H,4-5,11,15H2,1-2H3,(H,28,32)/t17-/m1/s1. The molecule has 0 aliphatic carbocycles. The highest BCUT2D eigenvalue weighted by atomic mass is 32.1. The summed E-state index contributed by atoms with van der Waals surface area (Å²) in [5.41, 5.74) is 2.08. The number of hydrogen-bond donors (Lipinski definition) is 1. The zero-order valence-electron chi connectivity index (χ0n) is 19.5. The van der Waals surface area contributed by atoms with Crippen molar-refractivity contribution in [1.82, 2.24) is 9.55 Å². The molecule has 0 spiro atoms. The Labute approximate surface area is 205 Å². The van der Waals surface area contributed by atoms with Gasteiger partial charge in [-0.25, -0.2) is 13.9 Å². The number of halogens is 1. The van der Waals surface area contributed by atoms with E-state index < -0.39 is 0 Å². The van der Waals surface area contributed by atoms with E-state index in [-0.39, 0.29) is 23.2 Å². The van der Waals surface area contributed by atoms with Gasteiger partial charge in [-0.15, -0.1) is 11.3 Å². The molecule has 1 fully saturated rings. The van der Waals surface area contributed by atoms with E-state index in [2.05, 4.69) is 5.32 Å². The van der Waals surface area contributed by atoms with Crippen LogP contribution in [-0.2, 0) is 4.79 Å². The molecule has 1 N–H and O–H groups in total. The van der Waals surface area contributed by atoms with Crippen molar-refractivity contribution in [2.45, 2.75) is 19.8 Å². The van der Waals surface area contributed by atoms with E-state index >= 15 is 0 Å². The molecule has 0 bridgehead atoms. The summed E-state index contributed by atoms with van der Waals surface area (Å²) >= 11 is 1.36. The second-order valence-corrected chi connectivity index (χ2v) is 9.54. The van der Waals surface area contributed by atoms with E-state index in [0.29, 0.717) is 58.4 Å². The highest BCUT2D eigenvalue weighted by molar-refractivity contribution is 7.17. The molecule has 2 aromatic carbocycles. The lowest BCUT2D eigenvalue weighted by Crippen LogP contribution is -2.43. The summed E-state index contributed by atoms with van der Waals surface area (Å²) in [6.07, 6.45) is 1.46. The SMILES string of the molecule is COc1cccc(-n2c(N3CCC[C@@H](C(=O)Nc4ccc(C)c(F)c4)C3)nc3ccsc3c2=O)c1. The second-order valence-electron chi connectivity index (χ2n) is 8.63. The molecule has 2 aromatic heterocycles. The summed E-state index contributed by atoms with van der Waals surface area (Å²) in [5, 5.41) is 4.69. The Morgan fingerprint density at radius 3 is 2.89 bits per heavy atom. The minimum absolute atomic E-state index is 0.157. The molecule has 1 saturated heterocycles. The van der Waals surface area contributed by atoms with E-state index in [1.165, 1.54) is 17.4 Å². The third-order valence-corrected chi connectivity index (χ3v) is 7.18. The molecule has 0 radical (unpaired) electrons. The number of anilines is 2. The lowest BCUT2D eigenvalue weighted by atomic mass is 9.97. The van der Waals surface area contributed by atoms with Crippen molar-refractivity contribution in [3.8, 4) is 11.4 Å². The van der Waals surface area contributed by atoms with Crippen molar-refractivity contribution in [1.29, 1.82) is 0 Å². The van der Waals surface area contributed by atoms with Gasteiger partial charge in [0.15, 0.2) is 0 Å². The molecule has 5 rings (SSSR count). The average molecular weight is 493 g/mol. The Bertz CT molecular complexity index is 1460. The van der Waals surface area contributed by atoms with Crippen LogP contribution in [-0.4, -0.2) is 35.7 Å². The Morgan fingerprint density at radius 2 is 2.09 bits per heavy atom. The first kappa shape index (κ1) is 23.0. The van der Waals surface area contributed by atoms with Crippen LogP contribution < -0.4 is 20.5 Å². The maximum Gasteiger partial charge on any atom is 0.277 e. The molecular formula is C26H25FN4O3S. The maximum absolute atomic E-state index is 13.9. The number of amides is 1. The summed E-state index contributed by atoms with van der Waals surface area (Å²) in [4.78, 5) is 33.4. The summed E-state index contributed by atoms with van der Waals surface area (Å²) in [6, 6.07) is 13.8. The zero-order valence-corrected chi connectivity index (χ0v) is 20.3. The number of ether oxygens (including phenoxy) is 1. The fourth-order valence-electron chi connectivity index (χ4n) is 4.38. The van der Waals surface area contributed by atoms with E-state index in [1.807, 2.05) is 34.5 Å². The third-order valence-electron chi connectivity index (χ3n) is 6.29. The highest BCUT2D eigenvalue weighted by Gasteiger charge is 2.29. The maximum atomic E-state index is 13.9. The normalized spacial score (nSPS) is 15.9. The molecule has 3 heterocycles. The number of piperidine rings is 1. The largest absolute Gasteiger partial charge is 0.497 e. The van der Waals surface area contributed by atoms with Gasteiger partial charge in [0, 0.05) is 24.8 Å². The monoisotopic (exact) mass is 492 g/mol. The minimum atomic E-state index is -0.358. The predicted octanol–water partition coefficient (Wildman–Crippen LogP) is 4.76.